The minimum absolute atomic E-state index is 0. The Labute approximate surface area is 162 Å². The molecule has 1 aromatic carbocycles. The molecule has 3 rings (SSSR count). The van der Waals surface area contributed by atoms with Gasteiger partial charge in [0.15, 0.2) is 0 Å². The van der Waals surface area contributed by atoms with Gasteiger partial charge in [-0.25, -0.2) is 9.67 Å². The molecule has 1 aliphatic rings. The predicted molar refractivity (Wildman–Crippen MR) is 101 cm³/mol. The summed E-state index contributed by atoms with van der Waals surface area (Å²) in [5.41, 5.74) is 0.545. The van der Waals surface area contributed by atoms with Crippen LogP contribution in [0.5, 0.6) is 0 Å². The summed E-state index contributed by atoms with van der Waals surface area (Å²) >= 11 is 12.5. The number of aryl methyl sites for hydroxylation is 1. The number of amides is 1. The Morgan fingerprint density at radius 3 is 2.72 bits per heavy atom. The van der Waals surface area contributed by atoms with Crippen molar-refractivity contribution in [2.75, 3.05) is 13.1 Å². The molecule has 2 aromatic rings. The van der Waals surface area contributed by atoms with E-state index in [1.807, 2.05) is 6.92 Å². The zero-order valence-electron chi connectivity index (χ0n) is 13.8. The van der Waals surface area contributed by atoms with Crippen LogP contribution in [0.2, 0.25) is 10.0 Å². The predicted octanol–water partition coefficient (Wildman–Crippen LogP) is 3.04. The first-order valence-corrected chi connectivity index (χ1v) is 8.77. The van der Waals surface area contributed by atoms with Gasteiger partial charge < -0.3 is 10.6 Å². The standard InChI is InChI=1S/C16H19Cl2N5O.ClH/c1-2-13-21-15(16(24)20-10-5-4-8-19-9-10)22-23(13)14-11(17)6-3-7-12(14)18;/h3,6-7,10,19H,2,4-5,8-9H2,1H3,(H,20,24);1H. The number of piperidine rings is 1. The van der Waals surface area contributed by atoms with Crippen LogP contribution in [0.4, 0.5) is 0 Å². The van der Waals surface area contributed by atoms with Crippen LogP contribution >= 0.6 is 35.6 Å². The van der Waals surface area contributed by atoms with E-state index in [1.54, 1.807) is 22.9 Å². The molecule has 1 aromatic heterocycles. The number of nitrogens with one attached hydrogen (secondary N) is 2. The van der Waals surface area contributed by atoms with E-state index in [4.69, 9.17) is 23.2 Å². The van der Waals surface area contributed by atoms with Gasteiger partial charge in [0.2, 0.25) is 5.82 Å². The van der Waals surface area contributed by atoms with Crippen molar-refractivity contribution in [2.24, 2.45) is 0 Å². The fraction of sp³-hybridized carbons (Fsp3) is 0.438. The van der Waals surface area contributed by atoms with E-state index in [9.17, 15) is 4.79 Å². The highest BCUT2D eigenvalue weighted by molar-refractivity contribution is 6.37. The number of carbonyl (C=O) groups is 1. The van der Waals surface area contributed by atoms with Crippen LogP contribution in [0.15, 0.2) is 18.2 Å². The number of aromatic nitrogens is 3. The zero-order chi connectivity index (χ0) is 17.1. The Bertz CT molecular complexity index is 723. The second kappa shape index (κ2) is 8.85. The fourth-order valence-electron chi connectivity index (χ4n) is 2.76. The van der Waals surface area contributed by atoms with E-state index < -0.39 is 0 Å². The molecule has 0 saturated carbocycles. The smallest absolute Gasteiger partial charge is 0.291 e. The molecule has 136 valence electrons. The Hall–Kier alpha value is -1.34. The molecule has 0 aliphatic carbocycles. The van der Waals surface area contributed by atoms with Gasteiger partial charge in [0.05, 0.1) is 10.0 Å². The molecule has 6 nitrogen and oxygen atoms in total. The van der Waals surface area contributed by atoms with Crippen molar-refractivity contribution in [1.29, 1.82) is 0 Å². The number of hydrogen-bond donors (Lipinski definition) is 2. The van der Waals surface area contributed by atoms with Crippen molar-refractivity contribution in [3.63, 3.8) is 0 Å². The van der Waals surface area contributed by atoms with Crippen LogP contribution in [0.25, 0.3) is 5.69 Å². The van der Waals surface area contributed by atoms with E-state index in [0.717, 1.165) is 25.9 Å². The topological polar surface area (TPSA) is 71.8 Å². The lowest BCUT2D eigenvalue weighted by molar-refractivity contribution is 0.0920. The highest BCUT2D eigenvalue weighted by Crippen LogP contribution is 2.28. The summed E-state index contributed by atoms with van der Waals surface area (Å²) in [6.45, 7) is 3.70. The normalized spacial score (nSPS) is 17.0. The molecule has 1 fully saturated rings. The van der Waals surface area contributed by atoms with Crippen LogP contribution in [-0.4, -0.2) is 39.8 Å². The average molecular weight is 405 g/mol. The summed E-state index contributed by atoms with van der Waals surface area (Å²) in [6.07, 6.45) is 2.60. The largest absolute Gasteiger partial charge is 0.345 e. The van der Waals surface area contributed by atoms with Crippen molar-refractivity contribution in [3.8, 4) is 5.69 Å². The molecule has 1 aliphatic heterocycles. The minimum Gasteiger partial charge on any atom is -0.345 e. The van der Waals surface area contributed by atoms with Crippen LogP contribution in [-0.2, 0) is 6.42 Å². The first kappa shape index (κ1) is 20.0. The lowest BCUT2D eigenvalue weighted by Crippen LogP contribution is -2.45. The summed E-state index contributed by atoms with van der Waals surface area (Å²) in [6, 6.07) is 5.34. The van der Waals surface area contributed by atoms with Crippen molar-refractivity contribution in [2.45, 2.75) is 32.2 Å². The number of halogens is 3. The lowest BCUT2D eigenvalue weighted by Gasteiger charge is -2.23. The van der Waals surface area contributed by atoms with Crippen molar-refractivity contribution in [1.82, 2.24) is 25.4 Å². The maximum absolute atomic E-state index is 12.5. The number of hydrogen-bond acceptors (Lipinski definition) is 4. The van der Waals surface area contributed by atoms with Gasteiger partial charge in [0, 0.05) is 19.0 Å². The summed E-state index contributed by atoms with van der Waals surface area (Å²) in [5.74, 6) is 0.491. The maximum Gasteiger partial charge on any atom is 0.291 e. The summed E-state index contributed by atoms with van der Waals surface area (Å²) < 4.78 is 1.55. The van der Waals surface area contributed by atoms with Gasteiger partial charge >= 0.3 is 0 Å². The Kier molecular flexibility index (Phi) is 7.07. The van der Waals surface area contributed by atoms with E-state index in [-0.39, 0.29) is 30.2 Å². The molecule has 0 spiro atoms. The molecular formula is C16H20Cl3N5O. The number of rotatable bonds is 4. The number of para-hydroxylation sites is 1. The molecule has 9 heteroatoms. The number of nitrogens with zero attached hydrogens (tertiary/aromatic N) is 3. The molecule has 0 bridgehead atoms. The third-order valence-electron chi connectivity index (χ3n) is 3.97. The molecular weight excluding hydrogens is 385 g/mol. The third-order valence-corrected chi connectivity index (χ3v) is 4.58. The van der Waals surface area contributed by atoms with E-state index in [2.05, 4.69) is 20.7 Å². The summed E-state index contributed by atoms with van der Waals surface area (Å²) in [7, 11) is 0. The van der Waals surface area contributed by atoms with Crippen molar-refractivity contribution in [3.05, 3.63) is 39.9 Å². The molecule has 0 radical (unpaired) electrons. The molecule has 25 heavy (non-hydrogen) atoms. The maximum atomic E-state index is 12.5. The fourth-order valence-corrected chi connectivity index (χ4v) is 3.32. The molecule has 1 saturated heterocycles. The highest BCUT2D eigenvalue weighted by atomic mass is 35.5. The van der Waals surface area contributed by atoms with E-state index >= 15 is 0 Å². The summed E-state index contributed by atoms with van der Waals surface area (Å²) in [5, 5.41) is 11.5. The molecule has 2 N–H and O–H groups in total. The second-order valence-corrected chi connectivity index (χ2v) is 6.52. The molecule has 1 unspecified atom stereocenters. The van der Waals surface area contributed by atoms with Gasteiger partial charge in [-0.2, -0.15) is 0 Å². The van der Waals surface area contributed by atoms with Gasteiger partial charge in [0.25, 0.3) is 5.91 Å². The Morgan fingerprint density at radius 1 is 1.40 bits per heavy atom. The third kappa shape index (κ3) is 4.44. The average Bonchev–Trinajstić information content (AvgIpc) is 3.00. The van der Waals surface area contributed by atoms with Crippen LogP contribution in [0, 0.1) is 0 Å². The minimum atomic E-state index is -0.277. The van der Waals surface area contributed by atoms with Crippen molar-refractivity contribution >= 4 is 41.5 Å². The lowest BCUT2D eigenvalue weighted by atomic mass is 10.1. The molecule has 1 atom stereocenters. The molecule has 2 heterocycles. The van der Waals surface area contributed by atoms with Gasteiger partial charge in [-0.1, -0.05) is 36.2 Å². The first-order chi connectivity index (χ1) is 11.6. The number of carbonyl (C=O) groups excluding carboxylic acids is 1. The SMILES string of the molecule is CCc1nc(C(=O)NC2CCCNC2)nn1-c1c(Cl)cccc1Cl.Cl. The monoisotopic (exact) mass is 403 g/mol. The first-order valence-electron chi connectivity index (χ1n) is 8.02. The van der Waals surface area contributed by atoms with Crippen molar-refractivity contribution < 1.29 is 4.79 Å². The Morgan fingerprint density at radius 2 is 2.12 bits per heavy atom. The van der Waals surface area contributed by atoms with Crippen LogP contribution in [0.3, 0.4) is 0 Å². The van der Waals surface area contributed by atoms with E-state index in [1.165, 1.54) is 0 Å². The van der Waals surface area contributed by atoms with Gasteiger partial charge in [-0.15, -0.1) is 17.5 Å². The van der Waals surface area contributed by atoms with E-state index in [0.29, 0.717) is 28.0 Å². The highest BCUT2D eigenvalue weighted by Gasteiger charge is 2.22. The zero-order valence-corrected chi connectivity index (χ0v) is 16.1. The second-order valence-electron chi connectivity index (χ2n) is 5.70. The Balaban J connectivity index is 0.00000225. The van der Waals surface area contributed by atoms with Gasteiger partial charge in [-0.3, -0.25) is 4.79 Å². The summed E-state index contributed by atoms with van der Waals surface area (Å²) in [4.78, 5) is 16.8. The van der Waals surface area contributed by atoms with Crippen LogP contribution in [0.1, 0.15) is 36.2 Å². The number of benzene rings is 1. The van der Waals surface area contributed by atoms with Gasteiger partial charge in [-0.05, 0) is 31.5 Å². The van der Waals surface area contributed by atoms with Gasteiger partial charge in [0.1, 0.15) is 11.5 Å². The van der Waals surface area contributed by atoms with Crippen LogP contribution < -0.4 is 10.6 Å². The quantitative estimate of drug-likeness (QED) is 0.821. The molecule has 1 amide bonds.